The van der Waals surface area contributed by atoms with Gasteiger partial charge in [0, 0.05) is 17.6 Å². The number of nitrogens with one attached hydrogen (secondary N) is 1. The van der Waals surface area contributed by atoms with Crippen LogP contribution in [0.1, 0.15) is 6.92 Å². The molecule has 1 unspecified atom stereocenters. The number of rotatable bonds is 6. The van der Waals surface area contributed by atoms with Gasteiger partial charge >= 0.3 is 0 Å². The number of halogens is 2. The number of benzene rings is 1. The molecule has 0 saturated heterocycles. The van der Waals surface area contributed by atoms with E-state index in [0.29, 0.717) is 23.0 Å². The molecule has 0 bridgehead atoms. The molecule has 0 fully saturated rings. The van der Waals surface area contributed by atoms with E-state index >= 15 is 0 Å². The molecule has 0 heterocycles. The highest BCUT2D eigenvalue weighted by Crippen LogP contribution is 2.27. The standard InChI is InChI=1S/C13H20ClN3O2.ClH/c1-9(15)7-17(2)8-13(18)16-11-6-10(14)4-5-12(11)19-3;/h4-6,9H,7-8,15H2,1-3H3,(H,16,18);1H. The van der Waals surface area contributed by atoms with Crippen molar-refractivity contribution in [1.82, 2.24) is 4.90 Å². The lowest BCUT2D eigenvalue weighted by molar-refractivity contribution is -0.117. The minimum Gasteiger partial charge on any atom is -0.495 e. The Bertz CT molecular complexity index is 442. The van der Waals surface area contributed by atoms with Crippen LogP contribution in [-0.2, 0) is 4.79 Å². The monoisotopic (exact) mass is 321 g/mol. The molecule has 0 aliphatic carbocycles. The smallest absolute Gasteiger partial charge is 0.238 e. The second kappa shape index (κ2) is 9.02. The van der Waals surface area contributed by atoms with E-state index in [-0.39, 0.29) is 30.9 Å². The summed E-state index contributed by atoms with van der Waals surface area (Å²) >= 11 is 5.90. The second-order valence-corrected chi connectivity index (χ2v) is 5.00. The van der Waals surface area contributed by atoms with Crippen LogP contribution in [0.4, 0.5) is 5.69 Å². The lowest BCUT2D eigenvalue weighted by atomic mass is 10.3. The Hall–Kier alpha value is -1.01. The van der Waals surface area contributed by atoms with Gasteiger partial charge < -0.3 is 15.8 Å². The Morgan fingerprint density at radius 1 is 1.55 bits per heavy atom. The number of likely N-dealkylation sites (N-methyl/N-ethyl adjacent to an activating group) is 1. The summed E-state index contributed by atoms with van der Waals surface area (Å²) in [7, 11) is 3.39. The van der Waals surface area contributed by atoms with Crippen LogP contribution in [0.25, 0.3) is 0 Å². The van der Waals surface area contributed by atoms with Crippen molar-refractivity contribution in [3.05, 3.63) is 23.2 Å². The normalized spacial score (nSPS) is 11.7. The molecule has 0 spiro atoms. The molecule has 1 aromatic carbocycles. The molecule has 0 aliphatic heterocycles. The molecule has 20 heavy (non-hydrogen) atoms. The second-order valence-electron chi connectivity index (χ2n) is 4.57. The maximum Gasteiger partial charge on any atom is 0.238 e. The Labute approximate surface area is 130 Å². The summed E-state index contributed by atoms with van der Waals surface area (Å²) in [6.45, 7) is 2.81. The van der Waals surface area contributed by atoms with Crippen LogP contribution in [0.15, 0.2) is 18.2 Å². The summed E-state index contributed by atoms with van der Waals surface area (Å²) in [5.74, 6) is 0.441. The van der Waals surface area contributed by atoms with Crippen molar-refractivity contribution < 1.29 is 9.53 Å². The number of nitrogens with two attached hydrogens (primary N) is 1. The molecule has 1 aromatic rings. The van der Waals surface area contributed by atoms with Crippen molar-refractivity contribution >= 4 is 35.6 Å². The van der Waals surface area contributed by atoms with Crippen LogP contribution in [0, 0.1) is 0 Å². The van der Waals surface area contributed by atoms with Gasteiger partial charge in [-0.25, -0.2) is 0 Å². The van der Waals surface area contributed by atoms with Crippen LogP contribution < -0.4 is 15.8 Å². The van der Waals surface area contributed by atoms with E-state index < -0.39 is 0 Å². The number of hydrogen-bond acceptors (Lipinski definition) is 4. The lowest BCUT2D eigenvalue weighted by Gasteiger charge is -2.18. The maximum atomic E-state index is 11.9. The summed E-state index contributed by atoms with van der Waals surface area (Å²) in [4.78, 5) is 13.7. The van der Waals surface area contributed by atoms with Gasteiger partial charge in [0.1, 0.15) is 5.75 Å². The average molecular weight is 322 g/mol. The van der Waals surface area contributed by atoms with E-state index in [1.807, 2.05) is 18.9 Å². The third kappa shape index (κ3) is 6.43. The topological polar surface area (TPSA) is 67.6 Å². The summed E-state index contributed by atoms with van der Waals surface area (Å²) in [6.07, 6.45) is 0. The number of methoxy groups -OCH3 is 1. The van der Waals surface area contributed by atoms with Crippen molar-refractivity contribution in [2.24, 2.45) is 5.73 Å². The molecule has 1 rings (SSSR count). The first-order valence-corrected chi connectivity index (χ1v) is 6.37. The summed E-state index contributed by atoms with van der Waals surface area (Å²) in [6, 6.07) is 5.10. The number of nitrogens with zero attached hydrogens (tertiary/aromatic N) is 1. The fourth-order valence-electron chi connectivity index (χ4n) is 1.77. The highest BCUT2D eigenvalue weighted by atomic mass is 35.5. The number of anilines is 1. The molecule has 0 aromatic heterocycles. The van der Waals surface area contributed by atoms with Crippen LogP contribution in [-0.4, -0.2) is 44.1 Å². The molecule has 0 radical (unpaired) electrons. The fourth-order valence-corrected chi connectivity index (χ4v) is 1.94. The van der Waals surface area contributed by atoms with E-state index in [1.165, 1.54) is 0 Å². The number of ether oxygens (including phenoxy) is 1. The van der Waals surface area contributed by atoms with Gasteiger partial charge in [-0.15, -0.1) is 12.4 Å². The highest BCUT2D eigenvalue weighted by molar-refractivity contribution is 6.31. The number of carbonyl (C=O) groups excluding carboxylic acids is 1. The van der Waals surface area contributed by atoms with E-state index in [0.717, 1.165) is 0 Å². The molecule has 0 saturated carbocycles. The summed E-state index contributed by atoms with van der Waals surface area (Å²) in [5, 5.41) is 3.32. The molecule has 5 nitrogen and oxygen atoms in total. The first kappa shape index (κ1) is 19.0. The number of carbonyl (C=O) groups is 1. The van der Waals surface area contributed by atoms with E-state index in [2.05, 4.69) is 5.32 Å². The molecular weight excluding hydrogens is 301 g/mol. The van der Waals surface area contributed by atoms with Crippen LogP contribution in [0.2, 0.25) is 5.02 Å². The molecular formula is C13H21Cl2N3O2. The highest BCUT2D eigenvalue weighted by Gasteiger charge is 2.11. The zero-order chi connectivity index (χ0) is 14.4. The van der Waals surface area contributed by atoms with E-state index in [4.69, 9.17) is 22.1 Å². The zero-order valence-corrected chi connectivity index (χ0v) is 13.4. The first-order valence-electron chi connectivity index (χ1n) is 6.00. The molecule has 114 valence electrons. The average Bonchev–Trinajstić information content (AvgIpc) is 2.27. The Morgan fingerprint density at radius 3 is 2.75 bits per heavy atom. The van der Waals surface area contributed by atoms with Crippen molar-refractivity contribution in [3.63, 3.8) is 0 Å². The predicted molar refractivity (Wildman–Crippen MR) is 85.0 cm³/mol. The lowest BCUT2D eigenvalue weighted by Crippen LogP contribution is -2.37. The van der Waals surface area contributed by atoms with Gasteiger partial charge in [-0.3, -0.25) is 9.69 Å². The SMILES string of the molecule is COc1ccc(Cl)cc1NC(=O)CN(C)CC(C)N.Cl. The third-order valence-corrected chi connectivity index (χ3v) is 2.68. The summed E-state index contributed by atoms with van der Waals surface area (Å²) < 4.78 is 5.16. The molecule has 7 heteroatoms. The minimum absolute atomic E-state index is 0. The third-order valence-electron chi connectivity index (χ3n) is 2.45. The largest absolute Gasteiger partial charge is 0.495 e. The van der Waals surface area contributed by atoms with E-state index in [1.54, 1.807) is 25.3 Å². The Morgan fingerprint density at radius 2 is 2.20 bits per heavy atom. The van der Waals surface area contributed by atoms with Crippen LogP contribution in [0.3, 0.4) is 0 Å². The van der Waals surface area contributed by atoms with Crippen molar-refractivity contribution in [1.29, 1.82) is 0 Å². The number of hydrogen-bond donors (Lipinski definition) is 2. The predicted octanol–water partition coefficient (Wildman–Crippen LogP) is 1.99. The fraction of sp³-hybridized carbons (Fsp3) is 0.462. The van der Waals surface area contributed by atoms with Gasteiger partial charge in [0.15, 0.2) is 0 Å². The maximum absolute atomic E-state index is 11.9. The zero-order valence-electron chi connectivity index (χ0n) is 11.9. The van der Waals surface area contributed by atoms with Crippen molar-refractivity contribution in [2.75, 3.05) is 32.6 Å². The Kier molecular flexibility index (Phi) is 8.57. The van der Waals surface area contributed by atoms with E-state index in [9.17, 15) is 4.79 Å². The van der Waals surface area contributed by atoms with Gasteiger partial charge in [-0.05, 0) is 32.2 Å². The van der Waals surface area contributed by atoms with Gasteiger partial charge in [0.25, 0.3) is 0 Å². The molecule has 3 N–H and O–H groups in total. The van der Waals surface area contributed by atoms with Gasteiger partial charge in [0.2, 0.25) is 5.91 Å². The Balaban J connectivity index is 0.00000361. The quantitative estimate of drug-likeness (QED) is 0.840. The van der Waals surface area contributed by atoms with Crippen LogP contribution >= 0.6 is 24.0 Å². The first-order chi connectivity index (χ1) is 8.92. The van der Waals surface area contributed by atoms with Crippen molar-refractivity contribution in [2.45, 2.75) is 13.0 Å². The van der Waals surface area contributed by atoms with Crippen LogP contribution in [0.5, 0.6) is 5.75 Å². The molecule has 1 atom stereocenters. The minimum atomic E-state index is -0.135. The summed E-state index contributed by atoms with van der Waals surface area (Å²) in [5.41, 5.74) is 6.24. The van der Waals surface area contributed by atoms with Gasteiger partial charge in [-0.1, -0.05) is 11.6 Å². The van der Waals surface area contributed by atoms with Gasteiger partial charge in [0.05, 0.1) is 19.3 Å². The molecule has 0 aliphatic rings. The van der Waals surface area contributed by atoms with Gasteiger partial charge in [-0.2, -0.15) is 0 Å². The molecule has 1 amide bonds. The van der Waals surface area contributed by atoms with Crippen molar-refractivity contribution in [3.8, 4) is 5.75 Å². The number of amides is 1.